The summed E-state index contributed by atoms with van der Waals surface area (Å²) >= 11 is 0. The van der Waals surface area contributed by atoms with Crippen molar-refractivity contribution in [2.75, 3.05) is 6.61 Å². The molecule has 2 aromatic rings. The molecule has 4 nitrogen and oxygen atoms in total. The number of benzene rings is 1. The van der Waals surface area contributed by atoms with Gasteiger partial charge in [0, 0.05) is 17.8 Å². The first-order chi connectivity index (χ1) is 13.6. The summed E-state index contributed by atoms with van der Waals surface area (Å²) in [5, 5.41) is 0. The minimum atomic E-state index is -0.722. The summed E-state index contributed by atoms with van der Waals surface area (Å²) in [5.41, 5.74) is 3.19. The van der Waals surface area contributed by atoms with Gasteiger partial charge in [-0.2, -0.15) is 0 Å². The molecule has 1 saturated carbocycles. The molecule has 1 aromatic carbocycles. The standard InChI is InChI=1S/C24H29NO3/c1-3-28-24(27)22(16-18-13-14-25-17(2)15-18)23(26)21-11-9-20(10-12-21)19-7-5-4-6-8-19/h4-8,13-15,20-22H,3,9-12,16H2,1-2H3. The molecular formula is C24H29NO3. The number of carbonyl (C=O) groups is 2. The largest absolute Gasteiger partial charge is 0.465 e. The molecule has 4 heteroatoms. The maximum absolute atomic E-state index is 13.2. The van der Waals surface area contributed by atoms with Crippen LogP contribution in [-0.2, 0) is 20.7 Å². The minimum absolute atomic E-state index is 0.0411. The van der Waals surface area contributed by atoms with Crippen molar-refractivity contribution < 1.29 is 14.3 Å². The van der Waals surface area contributed by atoms with E-state index in [4.69, 9.17) is 4.74 Å². The van der Waals surface area contributed by atoms with Gasteiger partial charge in [-0.25, -0.2) is 0 Å². The lowest BCUT2D eigenvalue weighted by Crippen LogP contribution is -2.34. The Morgan fingerprint density at radius 1 is 1.11 bits per heavy atom. The first-order valence-corrected chi connectivity index (χ1v) is 10.2. The fourth-order valence-corrected chi connectivity index (χ4v) is 4.23. The number of ether oxygens (including phenoxy) is 1. The molecule has 1 fully saturated rings. The van der Waals surface area contributed by atoms with Crippen LogP contribution < -0.4 is 0 Å². The zero-order valence-corrected chi connectivity index (χ0v) is 16.8. The Morgan fingerprint density at radius 2 is 1.82 bits per heavy atom. The summed E-state index contributed by atoms with van der Waals surface area (Å²) in [6.07, 6.45) is 5.77. The lowest BCUT2D eigenvalue weighted by molar-refractivity contribution is -0.152. The van der Waals surface area contributed by atoms with E-state index in [0.717, 1.165) is 36.9 Å². The molecule has 28 heavy (non-hydrogen) atoms. The third kappa shape index (κ3) is 5.06. The number of aryl methyl sites for hydroxylation is 1. The Kier molecular flexibility index (Phi) is 6.96. The van der Waals surface area contributed by atoms with Gasteiger partial charge in [0.25, 0.3) is 0 Å². The molecule has 1 unspecified atom stereocenters. The van der Waals surface area contributed by atoms with Gasteiger partial charge < -0.3 is 4.74 Å². The summed E-state index contributed by atoms with van der Waals surface area (Å²) in [6, 6.07) is 14.3. The van der Waals surface area contributed by atoms with E-state index in [1.54, 1.807) is 13.1 Å². The SMILES string of the molecule is CCOC(=O)C(Cc1ccnc(C)c1)C(=O)C1CCC(c2ccccc2)CC1. The minimum Gasteiger partial charge on any atom is -0.465 e. The van der Waals surface area contributed by atoms with Gasteiger partial charge in [0.15, 0.2) is 5.78 Å². The van der Waals surface area contributed by atoms with Crippen LogP contribution in [0.3, 0.4) is 0 Å². The number of hydrogen-bond donors (Lipinski definition) is 0. The van der Waals surface area contributed by atoms with Crippen molar-refractivity contribution in [1.29, 1.82) is 0 Å². The third-order valence-corrected chi connectivity index (χ3v) is 5.72. The van der Waals surface area contributed by atoms with Gasteiger partial charge in [0.1, 0.15) is 5.92 Å². The van der Waals surface area contributed by atoms with Gasteiger partial charge in [-0.05, 0) is 75.1 Å². The fourth-order valence-electron chi connectivity index (χ4n) is 4.23. The Morgan fingerprint density at radius 3 is 2.46 bits per heavy atom. The lowest BCUT2D eigenvalue weighted by atomic mass is 9.74. The molecule has 0 bridgehead atoms. The van der Waals surface area contributed by atoms with Crippen LogP contribution in [0, 0.1) is 18.8 Å². The van der Waals surface area contributed by atoms with E-state index >= 15 is 0 Å². The van der Waals surface area contributed by atoms with Gasteiger partial charge in [-0.1, -0.05) is 30.3 Å². The van der Waals surface area contributed by atoms with Crippen molar-refractivity contribution in [2.24, 2.45) is 11.8 Å². The Balaban J connectivity index is 1.68. The maximum Gasteiger partial charge on any atom is 0.316 e. The van der Waals surface area contributed by atoms with E-state index in [2.05, 4.69) is 29.2 Å². The van der Waals surface area contributed by atoms with Crippen LogP contribution in [0.2, 0.25) is 0 Å². The van der Waals surface area contributed by atoms with Gasteiger partial charge >= 0.3 is 5.97 Å². The van der Waals surface area contributed by atoms with Gasteiger partial charge in [0.2, 0.25) is 0 Å². The Bertz CT molecular complexity index is 795. The molecule has 0 radical (unpaired) electrons. The lowest BCUT2D eigenvalue weighted by Gasteiger charge is -2.29. The number of ketones is 1. The molecule has 1 aliphatic rings. The highest BCUT2D eigenvalue weighted by Crippen LogP contribution is 2.37. The van der Waals surface area contributed by atoms with Crippen LogP contribution in [0.4, 0.5) is 0 Å². The van der Waals surface area contributed by atoms with E-state index in [-0.39, 0.29) is 11.7 Å². The average Bonchev–Trinajstić information content (AvgIpc) is 2.72. The summed E-state index contributed by atoms with van der Waals surface area (Å²) in [4.78, 5) is 30.0. The van der Waals surface area contributed by atoms with Crippen molar-refractivity contribution in [3.05, 3.63) is 65.5 Å². The predicted molar refractivity (Wildman–Crippen MR) is 109 cm³/mol. The number of rotatable bonds is 7. The topological polar surface area (TPSA) is 56.3 Å². The number of Topliss-reactive ketones (excluding diaryl/α,β-unsaturated/α-hetero) is 1. The molecule has 1 aromatic heterocycles. The zero-order valence-electron chi connectivity index (χ0n) is 16.8. The van der Waals surface area contributed by atoms with Crippen molar-refractivity contribution in [3.8, 4) is 0 Å². The molecule has 148 valence electrons. The van der Waals surface area contributed by atoms with Gasteiger partial charge in [-0.15, -0.1) is 0 Å². The molecule has 0 N–H and O–H groups in total. The van der Waals surface area contributed by atoms with Crippen LogP contribution in [0.5, 0.6) is 0 Å². The number of hydrogen-bond acceptors (Lipinski definition) is 4. The first kappa shape index (κ1) is 20.2. The number of carbonyl (C=O) groups excluding carboxylic acids is 2. The van der Waals surface area contributed by atoms with E-state index < -0.39 is 11.9 Å². The van der Waals surface area contributed by atoms with Crippen molar-refractivity contribution in [1.82, 2.24) is 4.98 Å². The summed E-state index contributed by atoms with van der Waals surface area (Å²) in [5.74, 6) is -0.627. The molecule has 1 atom stereocenters. The van der Waals surface area contributed by atoms with Gasteiger partial charge in [-0.3, -0.25) is 14.6 Å². The second-order valence-electron chi connectivity index (χ2n) is 7.68. The molecule has 1 aliphatic carbocycles. The number of esters is 1. The van der Waals surface area contributed by atoms with Gasteiger partial charge in [0.05, 0.1) is 6.61 Å². The highest BCUT2D eigenvalue weighted by Gasteiger charge is 2.35. The zero-order chi connectivity index (χ0) is 19.9. The van der Waals surface area contributed by atoms with Crippen molar-refractivity contribution in [2.45, 2.75) is 51.9 Å². The Labute approximate surface area is 167 Å². The second kappa shape index (κ2) is 9.63. The quantitative estimate of drug-likeness (QED) is 0.519. The van der Waals surface area contributed by atoms with Crippen molar-refractivity contribution >= 4 is 11.8 Å². The van der Waals surface area contributed by atoms with E-state index in [0.29, 0.717) is 18.9 Å². The summed E-state index contributed by atoms with van der Waals surface area (Å²) < 4.78 is 5.23. The molecular weight excluding hydrogens is 350 g/mol. The molecule has 0 saturated heterocycles. The van der Waals surface area contributed by atoms with E-state index in [9.17, 15) is 9.59 Å². The normalized spacial score (nSPS) is 20.4. The van der Waals surface area contributed by atoms with Crippen LogP contribution >= 0.6 is 0 Å². The monoisotopic (exact) mass is 379 g/mol. The number of aromatic nitrogens is 1. The third-order valence-electron chi connectivity index (χ3n) is 5.72. The summed E-state index contributed by atoms with van der Waals surface area (Å²) in [6.45, 7) is 3.98. The summed E-state index contributed by atoms with van der Waals surface area (Å²) in [7, 11) is 0. The number of pyridine rings is 1. The van der Waals surface area contributed by atoms with E-state index in [1.165, 1.54) is 5.56 Å². The van der Waals surface area contributed by atoms with Crippen LogP contribution in [-0.4, -0.2) is 23.3 Å². The highest BCUT2D eigenvalue weighted by molar-refractivity contribution is 6.00. The maximum atomic E-state index is 13.2. The van der Waals surface area contributed by atoms with Crippen LogP contribution in [0.25, 0.3) is 0 Å². The van der Waals surface area contributed by atoms with Crippen LogP contribution in [0.1, 0.15) is 55.3 Å². The highest BCUT2D eigenvalue weighted by atomic mass is 16.5. The molecule has 3 rings (SSSR count). The fraction of sp³-hybridized carbons (Fsp3) is 0.458. The number of nitrogens with zero attached hydrogens (tertiary/aromatic N) is 1. The molecule has 0 amide bonds. The molecule has 0 spiro atoms. The van der Waals surface area contributed by atoms with Crippen molar-refractivity contribution in [3.63, 3.8) is 0 Å². The first-order valence-electron chi connectivity index (χ1n) is 10.2. The predicted octanol–water partition coefficient (Wildman–Crippen LogP) is 4.65. The van der Waals surface area contributed by atoms with Crippen LogP contribution in [0.15, 0.2) is 48.7 Å². The Hall–Kier alpha value is -2.49. The smallest absolute Gasteiger partial charge is 0.316 e. The molecule has 0 aliphatic heterocycles. The van der Waals surface area contributed by atoms with E-state index in [1.807, 2.05) is 25.1 Å². The molecule has 1 heterocycles. The average molecular weight is 380 g/mol. The second-order valence-corrected chi connectivity index (χ2v) is 7.68.